The minimum Gasteiger partial charge on any atom is -0.406 e. The monoisotopic (exact) mass is 496 g/mol. The highest BCUT2D eigenvalue weighted by molar-refractivity contribution is 7.91. The summed E-state index contributed by atoms with van der Waals surface area (Å²) in [6, 6.07) is 10.5. The van der Waals surface area contributed by atoms with Crippen LogP contribution < -0.4 is 15.0 Å². The Bertz CT molecular complexity index is 1210. The molecule has 0 bridgehead atoms. The van der Waals surface area contributed by atoms with Crippen LogP contribution >= 0.6 is 0 Å². The molecule has 0 unspecified atom stereocenters. The lowest BCUT2D eigenvalue weighted by Gasteiger charge is -2.28. The van der Waals surface area contributed by atoms with Crippen LogP contribution in [0.5, 0.6) is 5.75 Å². The molecule has 182 valence electrons. The first-order valence-electron chi connectivity index (χ1n) is 10.6. The number of benzene rings is 2. The summed E-state index contributed by atoms with van der Waals surface area (Å²) in [5.74, 6) is -0.298. The number of carbonyl (C=O) groups excluding carboxylic acids is 1. The van der Waals surface area contributed by atoms with Gasteiger partial charge < -0.3 is 15.0 Å². The summed E-state index contributed by atoms with van der Waals surface area (Å²) in [6.07, 6.45) is -3.93. The van der Waals surface area contributed by atoms with Crippen LogP contribution in [0, 0.1) is 0 Å². The largest absolute Gasteiger partial charge is 0.573 e. The predicted octanol–water partition coefficient (Wildman–Crippen LogP) is 3.12. The second-order valence-corrected chi connectivity index (χ2v) is 10.1. The molecule has 2 aliphatic rings. The lowest BCUT2D eigenvalue weighted by Crippen LogP contribution is -2.37. The lowest BCUT2D eigenvalue weighted by atomic mass is 9.95. The van der Waals surface area contributed by atoms with Gasteiger partial charge in [0.25, 0.3) is 0 Å². The molecular formula is C22H23F3N4O4S. The van der Waals surface area contributed by atoms with Crippen molar-refractivity contribution in [3.8, 4) is 5.75 Å². The van der Waals surface area contributed by atoms with Gasteiger partial charge in [-0.1, -0.05) is 18.2 Å². The van der Waals surface area contributed by atoms with Gasteiger partial charge in [0, 0.05) is 30.4 Å². The third-order valence-corrected chi connectivity index (χ3v) is 7.19. The SMILES string of the molecule is CNC(=O)N1CCc2ccc(OC(F)(F)F)cc2C(c2ccc(N3CCCS(=O)(=O)C3)cc2)=N1. The number of alkyl halides is 3. The van der Waals surface area contributed by atoms with Crippen LogP contribution in [0.1, 0.15) is 23.1 Å². The Labute approximate surface area is 194 Å². The van der Waals surface area contributed by atoms with E-state index in [1.165, 1.54) is 30.3 Å². The highest BCUT2D eigenvalue weighted by atomic mass is 32.2. The zero-order valence-electron chi connectivity index (χ0n) is 18.3. The van der Waals surface area contributed by atoms with Crippen LogP contribution in [0.25, 0.3) is 0 Å². The average molecular weight is 497 g/mol. The highest BCUT2D eigenvalue weighted by Gasteiger charge is 2.32. The number of urea groups is 1. The predicted molar refractivity (Wildman–Crippen MR) is 121 cm³/mol. The number of hydrogen-bond donors (Lipinski definition) is 1. The molecule has 34 heavy (non-hydrogen) atoms. The Kier molecular flexibility index (Phi) is 6.43. The van der Waals surface area contributed by atoms with Gasteiger partial charge in [-0.2, -0.15) is 5.10 Å². The Morgan fingerprint density at radius 2 is 1.85 bits per heavy atom. The number of amides is 2. The lowest BCUT2D eigenvalue weighted by molar-refractivity contribution is -0.274. The first kappa shape index (κ1) is 23.9. The number of halogens is 3. The van der Waals surface area contributed by atoms with Crippen molar-refractivity contribution in [1.29, 1.82) is 0 Å². The number of ether oxygens (including phenoxy) is 1. The molecule has 1 N–H and O–H groups in total. The normalized spacial score (nSPS) is 17.9. The van der Waals surface area contributed by atoms with E-state index in [-0.39, 0.29) is 23.9 Å². The molecule has 1 fully saturated rings. The van der Waals surface area contributed by atoms with Gasteiger partial charge in [-0.05, 0) is 42.7 Å². The average Bonchev–Trinajstić information content (AvgIpc) is 2.96. The second kappa shape index (κ2) is 9.16. The minimum atomic E-state index is -4.85. The van der Waals surface area contributed by atoms with E-state index < -0.39 is 22.2 Å². The first-order valence-corrected chi connectivity index (χ1v) is 12.4. The molecule has 2 aliphatic heterocycles. The fraction of sp³-hybridized carbons (Fsp3) is 0.364. The van der Waals surface area contributed by atoms with E-state index in [0.29, 0.717) is 47.5 Å². The maximum absolute atomic E-state index is 12.8. The van der Waals surface area contributed by atoms with Crippen LogP contribution in [0.15, 0.2) is 47.6 Å². The first-order chi connectivity index (χ1) is 16.0. The third-order valence-electron chi connectivity index (χ3n) is 5.57. The molecule has 0 spiro atoms. The molecule has 12 heteroatoms. The maximum atomic E-state index is 12.8. The number of hydrogen-bond acceptors (Lipinski definition) is 6. The Morgan fingerprint density at radius 1 is 1.12 bits per heavy atom. The van der Waals surface area contributed by atoms with E-state index in [2.05, 4.69) is 15.2 Å². The van der Waals surface area contributed by atoms with E-state index in [9.17, 15) is 26.4 Å². The smallest absolute Gasteiger partial charge is 0.406 e. The summed E-state index contributed by atoms with van der Waals surface area (Å²) < 4.78 is 66.5. The number of fused-ring (bicyclic) bond motifs is 1. The summed E-state index contributed by atoms with van der Waals surface area (Å²) in [5, 5.41) is 8.19. The fourth-order valence-electron chi connectivity index (χ4n) is 4.01. The van der Waals surface area contributed by atoms with Gasteiger partial charge in [-0.3, -0.25) is 0 Å². The van der Waals surface area contributed by atoms with Crippen molar-refractivity contribution in [1.82, 2.24) is 10.3 Å². The number of rotatable bonds is 3. The van der Waals surface area contributed by atoms with E-state index >= 15 is 0 Å². The van der Waals surface area contributed by atoms with Crippen molar-refractivity contribution in [3.63, 3.8) is 0 Å². The summed E-state index contributed by atoms with van der Waals surface area (Å²) in [7, 11) is -1.69. The van der Waals surface area contributed by atoms with E-state index in [1.54, 1.807) is 29.2 Å². The van der Waals surface area contributed by atoms with Crippen molar-refractivity contribution < 1.29 is 31.1 Å². The molecule has 0 saturated carbocycles. The zero-order chi connectivity index (χ0) is 24.5. The van der Waals surface area contributed by atoms with Crippen molar-refractivity contribution in [2.75, 3.05) is 36.7 Å². The quantitative estimate of drug-likeness (QED) is 0.705. The standard InChI is InChI=1S/C22H23F3N4O4S/c1-26-21(30)29-11-9-15-5-8-18(33-22(23,24)25)13-19(15)20(27-29)16-3-6-17(7-4-16)28-10-2-12-34(31,32)14-28/h3-8,13H,2,9-12,14H2,1H3,(H,26,30). The van der Waals surface area contributed by atoms with Gasteiger partial charge in [0.2, 0.25) is 0 Å². The topological polar surface area (TPSA) is 91.3 Å². The van der Waals surface area contributed by atoms with Crippen molar-refractivity contribution in [2.24, 2.45) is 5.10 Å². The number of anilines is 1. The van der Waals surface area contributed by atoms with Crippen LogP contribution in [0.4, 0.5) is 23.7 Å². The van der Waals surface area contributed by atoms with Crippen molar-refractivity contribution in [2.45, 2.75) is 19.2 Å². The molecule has 0 aromatic heterocycles. The number of nitrogens with one attached hydrogen (secondary N) is 1. The van der Waals surface area contributed by atoms with E-state index in [4.69, 9.17) is 0 Å². The Balaban J connectivity index is 1.73. The van der Waals surface area contributed by atoms with Crippen LogP contribution in [-0.2, 0) is 16.3 Å². The van der Waals surface area contributed by atoms with Crippen LogP contribution in [-0.4, -0.2) is 63.3 Å². The molecule has 4 rings (SSSR count). The molecule has 2 aromatic carbocycles. The van der Waals surface area contributed by atoms with Crippen LogP contribution in [0.3, 0.4) is 0 Å². The van der Waals surface area contributed by atoms with Gasteiger partial charge in [0.05, 0.1) is 18.0 Å². The second-order valence-electron chi connectivity index (χ2n) is 7.98. The Morgan fingerprint density at radius 3 is 2.50 bits per heavy atom. The van der Waals surface area contributed by atoms with Crippen LogP contribution in [0.2, 0.25) is 0 Å². The van der Waals surface area contributed by atoms with E-state index in [1.807, 2.05) is 0 Å². The molecule has 0 radical (unpaired) electrons. The molecule has 8 nitrogen and oxygen atoms in total. The van der Waals surface area contributed by atoms with Gasteiger partial charge in [-0.15, -0.1) is 13.2 Å². The summed E-state index contributed by atoms with van der Waals surface area (Å²) >= 11 is 0. The van der Waals surface area contributed by atoms with Gasteiger partial charge in [-0.25, -0.2) is 18.2 Å². The molecule has 1 saturated heterocycles. The number of carbonyl (C=O) groups is 1. The van der Waals surface area contributed by atoms with Gasteiger partial charge >= 0.3 is 12.4 Å². The van der Waals surface area contributed by atoms with Crippen molar-refractivity contribution >= 4 is 27.3 Å². The molecule has 0 aliphatic carbocycles. The number of hydrazone groups is 1. The highest BCUT2D eigenvalue weighted by Crippen LogP contribution is 2.29. The fourth-order valence-corrected chi connectivity index (χ4v) is 5.46. The summed E-state index contributed by atoms with van der Waals surface area (Å²) in [4.78, 5) is 14.1. The van der Waals surface area contributed by atoms with Gasteiger partial charge in [0.15, 0.2) is 9.84 Å². The molecule has 2 amide bonds. The molecular weight excluding hydrogens is 473 g/mol. The maximum Gasteiger partial charge on any atom is 0.573 e. The molecule has 2 heterocycles. The number of nitrogens with zero attached hydrogens (tertiary/aromatic N) is 3. The summed E-state index contributed by atoms with van der Waals surface area (Å²) in [6.45, 7) is 0.838. The van der Waals surface area contributed by atoms with E-state index in [0.717, 1.165) is 0 Å². The minimum absolute atomic E-state index is 0.0707. The van der Waals surface area contributed by atoms with Crippen molar-refractivity contribution in [3.05, 3.63) is 59.2 Å². The molecule has 2 aromatic rings. The third kappa shape index (κ3) is 5.44. The Hall–Kier alpha value is -3.28. The molecule has 0 atom stereocenters. The summed E-state index contributed by atoms with van der Waals surface area (Å²) in [5.41, 5.74) is 2.71. The van der Waals surface area contributed by atoms with Gasteiger partial charge in [0.1, 0.15) is 11.6 Å². The number of sulfone groups is 1. The zero-order valence-corrected chi connectivity index (χ0v) is 19.1.